The predicted octanol–water partition coefficient (Wildman–Crippen LogP) is 2.91. The van der Waals surface area contributed by atoms with E-state index in [1.54, 1.807) is 0 Å². The van der Waals surface area contributed by atoms with E-state index in [0.29, 0.717) is 36.5 Å². The SMILES string of the molecule is C[C@H](CCC(=O)NCC(=O)O)[C@H]1CC[C@H]2[C@@H]3CC[C@@H]4CCC(O)C(O)(O)[C@]4(C)[C@H]3CC[C@]12C. The number of amides is 1. The molecule has 33 heavy (non-hydrogen) atoms. The average molecular weight is 466 g/mol. The Morgan fingerprint density at radius 2 is 1.70 bits per heavy atom. The Hall–Kier alpha value is -1.18. The van der Waals surface area contributed by atoms with E-state index in [1.807, 2.05) is 6.92 Å². The first-order valence-electron chi connectivity index (χ1n) is 13.0. The fraction of sp³-hybridized carbons (Fsp3) is 0.923. The second-order valence-electron chi connectivity index (χ2n) is 12.2. The van der Waals surface area contributed by atoms with Crippen LogP contribution in [0.2, 0.25) is 0 Å². The molecule has 4 rings (SSSR count). The number of aliphatic hydroxyl groups excluding tert-OH is 1. The molecule has 0 aliphatic heterocycles. The third kappa shape index (κ3) is 3.92. The van der Waals surface area contributed by atoms with Crippen LogP contribution in [0, 0.1) is 46.3 Å². The van der Waals surface area contributed by atoms with Crippen molar-refractivity contribution in [3.8, 4) is 0 Å². The maximum Gasteiger partial charge on any atom is 0.322 e. The van der Waals surface area contributed by atoms with Gasteiger partial charge >= 0.3 is 5.97 Å². The largest absolute Gasteiger partial charge is 0.480 e. The normalized spacial score (nSPS) is 44.8. The van der Waals surface area contributed by atoms with Crippen LogP contribution in [0.25, 0.3) is 0 Å². The van der Waals surface area contributed by atoms with Crippen LogP contribution < -0.4 is 5.32 Å². The number of carboxylic acids is 1. The van der Waals surface area contributed by atoms with Gasteiger partial charge in [0.2, 0.25) is 5.91 Å². The van der Waals surface area contributed by atoms with E-state index in [-0.39, 0.29) is 29.7 Å². The number of carboxylic acid groups (broad SMARTS) is 1. The number of carbonyl (C=O) groups is 2. The molecular formula is C26H43NO6. The Labute approximate surface area is 197 Å². The Morgan fingerprint density at radius 3 is 2.39 bits per heavy atom. The van der Waals surface area contributed by atoms with Gasteiger partial charge in [0.25, 0.3) is 0 Å². The molecule has 4 aliphatic rings. The van der Waals surface area contributed by atoms with Gasteiger partial charge in [0, 0.05) is 11.8 Å². The predicted molar refractivity (Wildman–Crippen MR) is 123 cm³/mol. The minimum absolute atomic E-state index is 0.183. The summed E-state index contributed by atoms with van der Waals surface area (Å²) >= 11 is 0. The summed E-state index contributed by atoms with van der Waals surface area (Å²) in [5.41, 5.74) is -0.483. The monoisotopic (exact) mass is 465 g/mol. The zero-order valence-corrected chi connectivity index (χ0v) is 20.4. The molecule has 0 aromatic carbocycles. The van der Waals surface area contributed by atoms with Gasteiger partial charge in [-0.15, -0.1) is 0 Å². The summed E-state index contributed by atoms with van der Waals surface area (Å²) in [6, 6.07) is 0. The lowest BCUT2D eigenvalue weighted by molar-refractivity contribution is -0.349. The molecule has 188 valence electrons. The van der Waals surface area contributed by atoms with Gasteiger partial charge in [-0.2, -0.15) is 0 Å². The van der Waals surface area contributed by atoms with E-state index >= 15 is 0 Å². The Morgan fingerprint density at radius 1 is 1.00 bits per heavy atom. The molecule has 0 bridgehead atoms. The molecule has 0 saturated heterocycles. The molecule has 0 heterocycles. The summed E-state index contributed by atoms with van der Waals surface area (Å²) in [4.78, 5) is 22.7. The maximum atomic E-state index is 12.0. The molecular weight excluding hydrogens is 422 g/mol. The van der Waals surface area contributed by atoms with Crippen molar-refractivity contribution in [2.75, 3.05) is 6.54 Å². The molecule has 4 fully saturated rings. The highest BCUT2D eigenvalue weighted by atomic mass is 16.5. The fourth-order valence-electron chi connectivity index (χ4n) is 9.17. The number of nitrogens with one attached hydrogen (secondary N) is 1. The van der Waals surface area contributed by atoms with E-state index < -0.39 is 23.3 Å². The number of hydrogen-bond acceptors (Lipinski definition) is 5. The molecule has 0 aromatic rings. The highest BCUT2D eigenvalue weighted by molar-refractivity contribution is 5.81. The molecule has 4 saturated carbocycles. The number of carbonyl (C=O) groups excluding carboxylic acids is 1. The fourth-order valence-corrected chi connectivity index (χ4v) is 9.17. The van der Waals surface area contributed by atoms with E-state index in [4.69, 9.17) is 5.11 Å². The zero-order chi connectivity index (χ0) is 24.2. The summed E-state index contributed by atoms with van der Waals surface area (Å²) in [5.74, 6) is -0.891. The van der Waals surface area contributed by atoms with Crippen molar-refractivity contribution in [3.63, 3.8) is 0 Å². The lowest BCUT2D eigenvalue weighted by Crippen LogP contribution is -2.68. The molecule has 9 atom stereocenters. The van der Waals surface area contributed by atoms with Crippen molar-refractivity contribution in [3.05, 3.63) is 0 Å². The molecule has 5 N–H and O–H groups in total. The lowest BCUT2D eigenvalue weighted by atomic mass is 9.43. The zero-order valence-electron chi connectivity index (χ0n) is 20.4. The van der Waals surface area contributed by atoms with E-state index in [2.05, 4.69) is 19.2 Å². The molecule has 4 aliphatic carbocycles. The van der Waals surface area contributed by atoms with Crippen molar-refractivity contribution in [1.29, 1.82) is 0 Å². The van der Waals surface area contributed by atoms with Gasteiger partial charge in [0.05, 0.1) is 0 Å². The van der Waals surface area contributed by atoms with Gasteiger partial charge in [-0.25, -0.2) is 0 Å². The standard InChI is InChI=1S/C26H43NO6/c1-15(4-11-22(29)27-14-23(30)31)18-8-9-19-17-7-5-16-6-10-21(28)26(32,33)25(16,3)20(17)12-13-24(18,19)2/h15-21,28,32-33H,4-14H2,1-3H3,(H,27,29)(H,30,31)/t15-,16-,17+,18-,19+,20+,21?,24-,25+/m1/s1. The molecule has 1 amide bonds. The van der Waals surface area contributed by atoms with Crippen LogP contribution in [-0.2, 0) is 9.59 Å². The number of aliphatic carboxylic acids is 1. The first kappa shape index (κ1) is 24.9. The summed E-state index contributed by atoms with van der Waals surface area (Å²) < 4.78 is 0. The minimum Gasteiger partial charge on any atom is -0.480 e. The quantitative estimate of drug-likeness (QED) is 0.384. The number of rotatable bonds is 6. The smallest absolute Gasteiger partial charge is 0.322 e. The van der Waals surface area contributed by atoms with Crippen molar-refractivity contribution in [2.24, 2.45) is 46.3 Å². The molecule has 7 heteroatoms. The van der Waals surface area contributed by atoms with Crippen LogP contribution in [0.4, 0.5) is 0 Å². The van der Waals surface area contributed by atoms with Gasteiger partial charge < -0.3 is 25.7 Å². The summed E-state index contributed by atoms with van der Waals surface area (Å²) in [5, 5.41) is 43.9. The second kappa shape index (κ2) is 8.80. The van der Waals surface area contributed by atoms with Gasteiger partial charge in [-0.3, -0.25) is 9.59 Å². The van der Waals surface area contributed by atoms with Crippen molar-refractivity contribution >= 4 is 11.9 Å². The first-order chi connectivity index (χ1) is 15.4. The highest BCUT2D eigenvalue weighted by Crippen LogP contribution is 2.69. The van der Waals surface area contributed by atoms with E-state index in [0.717, 1.165) is 51.4 Å². The van der Waals surface area contributed by atoms with Crippen molar-refractivity contribution < 1.29 is 30.0 Å². The number of hydrogen-bond donors (Lipinski definition) is 5. The van der Waals surface area contributed by atoms with Crippen LogP contribution >= 0.6 is 0 Å². The van der Waals surface area contributed by atoms with Gasteiger partial charge in [-0.1, -0.05) is 20.8 Å². The topological polar surface area (TPSA) is 127 Å². The third-order valence-electron chi connectivity index (χ3n) is 11.0. The van der Waals surface area contributed by atoms with Crippen LogP contribution in [0.5, 0.6) is 0 Å². The van der Waals surface area contributed by atoms with Gasteiger partial charge in [-0.05, 0) is 98.7 Å². The molecule has 7 nitrogen and oxygen atoms in total. The van der Waals surface area contributed by atoms with Crippen molar-refractivity contribution in [1.82, 2.24) is 5.32 Å². The van der Waals surface area contributed by atoms with Gasteiger partial charge in [0.15, 0.2) is 5.79 Å². The third-order valence-corrected chi connectivity index (χ3v) is 11.0. The number of fused-ring (bicyclic) bond motifs is 5. The van der Waals surface area contributed by atoms with Crippen LogP contribution in [-0.4, -0.2) is 50.7 Å². The van der Waals surface area contributed by atoms with Crippen LogP contribution in [0.15, 0.2) is 0 Å². The Bertz CT molecular complexity index is 770. The lowest BCUT2D eigenvalue weighted by Gasteiger charge is -2.64. The molecule has 0 spiro atoms. The van der Waals surface area contributed by atoms with Crippen molar-refractivity contribution in [2.45, 2.75) is 96.9 Å². The minimum atomic E-state index is -2.03. The molecule has 0 radical (unpaired) electrons. The van der Waals surface area contributed by atoms with E-state index in [1.165, 1.54) is 0 Å². The number of aliphatic hydroxyl groups is 3. The van der Waals surface area contributed by atoms with Crippen LogP contribution in [0.3, 0.4) is 0 Å². The summed E-state index contributed by atoms with van der Waals surface area (Å²) in [6.45, 7) is 6.36. The summed E-state index contributed by atoms with van der Waals surface area (Å²) in [6.07, 6.45) is 7.80. The molecule has 0 aromatic heterocycles. The average Bonchev–Trinajstić information content (AvgIpc) is 3.11. The Kier molecular flexibility index (Phi) is 6.64. The first-order valence-corrected chi connectivity index (χ1v) is 13.0. The highest BCUT2D eigenvalue weighted by Gasteiger charge is 2.67. The van der Waals surface area contributed by atoms with Gasteiger partial charge in [0.1, 0.15) is 12.6 Å². The molecule has 1 unspecified atom stereocenters. The maximum absolute atomic E-state index is 12.0. The van der Waals surface area contributed by atoms with Crippen LogP contribution in [0.1, 0.15) is 85.0 Å². The van der Waals surface area contributed by atoms with E-state index in [9.17, 15) is 24.9 Å². The second-order valence-corrected chi connectivity index (χ2v) is 12.2. The summed E-state index contributed by atoms with van der Waals surface area (Å²) in [7, 11) is 0. The Balaban J connectivity index is 1.46.